The predicted octanol–water partition coefficient (Wildman–Crippen LogP) is 2.57. The number of carbonyl (C=O) groups excluding carboxylic acids is 1. The molecule has 0 spiro atoms. The van der Waals surface area contributed by atoms with Gasteiger partial charge in [0.1, 0.15) is 18.5 Å². The van der Waals surface area contributed by atoms with E-state index in [1.165, 1.54) is 6.07 Å². The summed E-state index contributed by atoms with van der Waals surface area (Å²) in [6.45, 7) is -0.119. The number of ether oxygens (including phenoxy) is 1. The highest BCUT2D eigenvalue weighted by Gasteiger charge is 2.17. The van der Waals surface area contributed by atoms with E-state index in [4.69, 9.17) is 10.5 Å². The Morgan fingerprint density at radius 1 is 1.11 bits per heavy atom. The molecule has 3 nitrogen and oxygen atoms in total. The number of halogens is 1. The minimum absolute atomic E-state index is 0.119. The summed E-state index contributed by atoms with van der Waals surface area (Å²) in [4.78, 5) is 11.8. The normalized spacial score (nSPS) is 11.9. The minimum atomic E-state index is -0.854. The molecule has 0 heterocycles. The average molecular weight is 259 g/mol. The van der Waals surface area contributed by atoms with Crippen LogP contribution in [0.3, 0.4) is 0 Å². The Morgan fingerprint density at radius 3 is 2.42 bits per heavy atom. The van der Waals surface area contributed by atoms with Gasteiger partial charge in [-0.3, -0.25) is 0 Å². The van der Waals surface area contributed by atoms with Crippen LogP contribution in [0.25, 0.3) is 0 Å². The second-order valence-electron chi connectivity index (χ2n) is 4.09. The smallest absolute Gasteiger partial charge is 0.327 e. The van der Waals surface area contributed by atoms with Crippen molar-refractivity contribution in [2.24, 2.45) is 5.73 Å². The summed E-state index contributed by atoms with van der Waals surface area (Å²) in [6.07, 6.45) is 0. The Morgan fingerprint density at radius 2 is 1.74 bits per heavy atom. The fourth-order valence-electron chi connectivity index (χ4n) is 1.65. The van der Waals surface area contributed by atoms with Crippen LogP contribution in [0.2, 0.25) is 0 Å². The summed E-state index contributed by atoms with van der Waals surface area (Å²) in [5, 5.41) is 0. The Balaban J connectivity index is 1.97. The number of hydrogen-bond acceptors (Lipinski definition) is 3. The minimum Gasteiger partial charge on any atom is -0.459 e. The Kier molecular flexibility index (Phi) is 4.26. The third kappa shape index (κ3) is 3.39. The number of hydrogen-bond donors (Lipinski definition) is 1. The molecular weight excluding hydrogens is 245 g/mol. The predicted molar refractivity (Wildman–Crippen MR) is 69.6 cm³/mol. The zero-order chi connectivity index (χ0) is 13.7. The van der Waals surface area contributed by atoms with Gasteiger partial charge in [0.2, 0.25) is 0 Å². The molecule has 0 radical (unpaired) electrons. The van der Waals surface area contributed by atoms with Gasteiger partial charge in [-0.2, -0.15) is 0 Å². The van der Waals surface area contributed by atoms with Crippen molar-refractivity contribution in [1.82, 2.24) is 0 Å². The molecule has 0 fully saturated rings. The van der Waals surface area contributed by atoms with Gasteiger partial charge >= 0.3 is 5.97 Å². The summed E-state index contributed by atoms with van der Waals surface area (Å²) in [7, 11) is 0. The van der Waals surface area contributed by atoms with Gasteiger partial charge < -0.3 is 10.5 Å². The molecule has 4 heteroatoms. The Hall–Kier alpha value is -2.20. The Labute approximate surface area is 110 Å². The third-order valence-corrected chi connectivity index (χ3v) is 2.74. The second kappa shape index (κ2) is 6.11. The molecule has 0 saturated carbocycles. The monoisotopic (exact) mass is 259 g/mol. The first kappa shape index (κ1) is 13.2. The zero-order valence-electron chi connectivity index (χ0n) is 10.3. The van der Waals surface area contributed by atoms with Crippen LogP contribution in [0, 0.1) is 5.82 Å². The van der Waals surface area contributed by atoms with Crippen molar-refractivity contribution < 1.29 is 13.9 Å². The van der Waals surface area contributed by atoms with Crippen molar-refractivity contribution in [1.29, 1.82) is 0 Å². The summed E-state index contributed by atoms with van der Waals surface area (Å²) in [6, 6.07) is 14.2. The molecule has 0 amide bonds. The van der Waals surface area contributed by atoms with Crippen molar-refractivity contribution in [2.45, 2.75) is 12.6 Å². The first-order valence-corrected chi connectivity index (χ1v) is 5.89. The van der Waals surface area contributed by atoms with Crippen LogP contribution in [0.5, 0.6) is 0 Å². The van der Waals surface area contributed by atoms with Crippen molar-refractivity contribution in [2.75, 3.05) is 0 Å². The summed E-state index contributed by atoms with van der Waals surface area (Å²) in [5.41, 5.74) is 6.77. The highest BCUT2D eigenvalue weighted by Crippen LogP contribution is 2.13. The van der Waals surface area contributed by atoms with E-state index in [9.17, 15) is 9.18 Å². The molecule has 2 rings (SSSR count). The maximum absolute atomic E-state index is 13.3. The van der Waals surface area contributed by atoms with Crippen molar-refractivity contribution in [3.63, 3.8) is 0 Å². The highest BCUT2D eigenvalue weighted by molar-refractivity contribution is 5.77. The van der Waals surface area contributed by atoms with Crippen LogP contribution in [0.15, 0.2) is 54.6 Å². The topological polar surface area (TPSA) is 52.3 Å². The van der Waals surface area contributed by atoms with E-state index in [-0.39, 0.29) is 6.61 Å². The number of nitrogens with two attached hydrogens (primary N) is 1. The third-order valence-electron chi connectivity index (χ3n) is 2.74. The maximum atomic E-state index is 13.3. The molecule has 0 aliphatic rings. The molecule has 0 aromatic heterocycles. The number of esters is 1. The molecular formula is C15H14FNO2. The fourth-order valence-corrected chi connectivity index (χ4v) is 1.65. The lowest BCUT2D eigenvalue weighted by Gasteiger charge is -2.12. The van der Waals surface area contributed by atoms with Gasteiger partial charge in [-0.25, -0.2) is 9.18 Å². The van der Waals surface area contributed by atoms with E-state index in [0.717, 1.165) is 0 Å². The quantitative estimate of drug-likeness (QED) is 0.858. The van der Waals surface area contributed by atoms with Gasteiger partial charge in [-0.15, -0.1) is 0 Å². The highest BCUT2D eigenvalue weighted by atomic mass is 19.1. The van der Waals surface area contributed by atoms with Gasteiger partial charge in [0.25, 0.3) is 0 Å². The van der Waals surface area contributed by atoms with E-state index in [1.54, 1.807) is 42.5 Å². The maximum Gasteiger partial charge on any atom is 0.327 e. The molecule has 2 aromatic carbocycles. The molecule has 1 atom stereocenters. The van der Waals surface area contributed by atoms with Crippen LogP contribution in [0.1, 0.15) is 17.2 Å². The molecule has 2 aromatic rings. The van der Waals surface area contributed by atoms with E-state index in [0.29, 0.717) is 11.1 Å². The first-order valence-electron chi connectivity index (χ1n) is 5.89. The van der Waals surface area contributed by atoms with Gasteiger partial charge in [-0.1, -0.05) is 48.5 Å². The van der Waals surface area contributed by atoms with Crippen LogP contribution in [0.4, 0.5) is 4.39 Å². The van der Waals surface area contributed by atoms with Crippen LogP contribution < -0.4 is 5.73 Å². The molecule has 0 aliphatic carbocycles. The van der Waals surface area contributed by atoms with E-state index in [2.05, 4.69) is 0 Å². The lowest BCUT2D eigenvalue weighted by Crippen LogP contribution is -2.23. The van der Waals surface area contributed by atoms with Gasteiger partial charge in [0, 0.05) is 5.56 Å². The molecule has 98 valence electrons. The number of carbonyl (C=O) groups is 1. The van der Waals surface area contributed by atoms with Crippen LogP contribution >= 0.6 is 0 Å². The molecule has 0 saturated heterocycles. The van der Waals surface area contributed by atoms with Crippen molar-refractivity contribution >= 4 is 5.97 Å². The van der Waals surface area contributed by atoms with Gasteiger partial charge in [0.15, 0.2) is 0 Å². The van der Waals surface area contributed by atoms with Gasteiger partial charge in [-0.05, 0) is 11.6 Å². The average Bonchev–Trinajstić information content (AvgIpc) is 2.46. The standard InChI is InChI=1S/C15H14FNO2/c16-13-9-5-4-8-12(13)10-19-15(18)14(17)11-6-2-1-3-7-11/h1-9,14H,10,17H2/t14-/m1/s1. The van der Waals surface area contributed by atoms with Crippen molar-refractivity contribution in [3.05, 3.63) is 71.5 Å². The van der Waals surface area contributed by atoms with Gasteiger partial charge in [0.05, 0.1) is 0 Å². The van der Waals surface area contributed by atoms with Crippen molar-refractivity contribution in [3.8, 4) is 0 Å². The summed E-state index contributed by atoms with van der Waals surface area (Å²) < 4.78 is 18.4. The largest absolute Gasteiger partial charge is 0.459 e. The zero-order valence-corrected chi connectivity index (χ0v) is 10.3. The number of rotatable bonds is 4. The summed E-state index contributed by atoms with van der Waals surface area (Å²) >= 11 is 0. The second-order valence-corrected chi connectivity index (χ2v) is 4.09. The van der Waals surface area contributed by atoms with E-state index >= 15 is 0 Å². The first-order chi connectivity index (χ1) is 9.18. The molecule has 2 N–H and O–H groups in total. The molecule has 19 heavy (non-hydrogen) atoms. The van der Waals surface area contributed by atoms with Crippen LogP contribution in [-0.2, 0) is 16.1 Å². The fraction of sp³-hybridized carbons (Fsp3) is 0.133. The van der Waals surface area contributed by atoms with E-state index in [1.807, 2.05) is 6.07 Å². The SMILES string of the molecule is N[C@@H](C(=O)OCc1ccccc1F)c1ccccc1. The summed E-state index contributed by atoms with van der Waals surface area (Å²) in [5.74, 6) is -0.974. The van der Waals surface area contributed by atoms with Crippen LogP contribution in [-0.4, -0.2) is 5.97 Å². The Bertz CT molecular complexity index is 557. The molecule has 0 aliphatic heterocycles. The molecule has 0 bridgehead atoms. The number of benzene rings is 2. The molecule has 0 unspecified atom stereocenters. The lowest BCUT2D eigenvalue weighted by molar-refractivity contribution is -0.146. The lowest BCUT2D eigenvalue weighted by atomic mass is 10.1. The van der Waals surface area contributed by atoms with E-state index < -0.39 is 17.8 Å².